The van der Waals surface area contributed by atoms with Crippen LogP contribution in [0.4, 0.5) is 0 Å². The molecule has 0 spiro atoms. The highest BCUT2D eigenvalue weighted by atomic mass is 16.5. The Hall–Kier alpha value is -1.55. The van der Waals surface area contributed by atoms with Crippen molar-refractivity contribution in [2.45, 2.75) is 26.2 Å². The molecule has 106 valence electrons. The van der Waals surface area contributed by atoms with Gasteiger partial charge in [0.1, 0.15) is 12.4 Å². The fourth-order valence-electron chi connectivity index (χ4n) is 1.80. The summed E-state index contributed by atoms with van der Waals surface area (Å²) in [5.41, 5.74) is 1.20. The number of likely N-dealkylation sites (N-methyl/N-ethyl adjacent to an activating group) is 1. The van der Waals surface area contributed by atoms with Crippen molar-refractivity contribution in [3.8, 4) is 5.75 Å². The lowest BCUT2D eigenvalue weighted by molar-refractivity contribution is -0.137. The molecule has 0 atom stereocenters. The third-order valence-corrected chi connectivity index (χ3v) is 2.98. The second-order valence-corrected chi connectivity index (χ2v) is 4.99. The zero-order chi connectivity index (χ0) is 14.3. The topological polar surface area (TPSA) is 49.8 Å². The minimum absolute atomic E-state index is 0.166. The maximum Gasteiger partial charge on any atom is 0.304 e. The van der Waals surface area contributed by atoms with Crippen LogP contribution in [-0.4, -0.2) is 42.7 Å². The van der Waals surface area contributed by atoms with E-state index in [1.807, 2.05) is 30.1 Å². The van der Waals surface area contributed by atoms with Crippen LogP contribution >= 0.6 is 0 Å². The summed E-state index contributed by atoms with van der Waals surface area (Å²) in [5.74, 6) is 0.586. The van der Waals surface area contributed by atoms with E-state index < -0.39 is 5.97 Å². The first-order valence-electron chi connectivity index (χ1n) is 6.62. The number of carboxylic acids is 1. The summed E-state index contributed by atoms with van der Waals surface area (Å²) in [6.07, 6.45) is 0.166. The Labute approximate surface area is 115 Å². The van der Waals surface area contributed by atoms with Crippen LogP contribution in [0.15, 0.2) is 24.3 Å². The standard InChI is InChI=1S/C15H23NO3/c1-12(2)13-6-4-5-7-14(13)19-11-10-16(3)9-8-15(17)18/h4-7,12H,8-11H2,1-3H3,(H,17,18). The molecule has 19 heavy (non-hydrogen) atoms. The minimum atomic E-state index is -0.766. The Morgan fingerprint density at radius 2 is 2.00 bits per heavy atom. The highest BCUT2D eigenvalue weighted by Gasteiger charge is 2.07. The van der Waals surface area contributed by atoms with Crippen LogP contribution in [0.2, 0.25) is 0 Å². The molecular weight excluding hydrogens is 242 g/mol. The zero-order valence-electron chi connectivity index (χ0n) is 11.9. The molecule has 1 aromatic carbocycles. The van der Waals surface area contributed by atoms with E-state index in [9.17, 15) is 4.79 Å². The van der Waals surface area contributed by atoms with Crippen LogP contribution in [0.1, 0.15) is 31.7 Å². The number of aliphatic carboxylic acids is 1. The van der Waals surface area contributed by atoms with Crippen molar-refractivity contribution in [3.05, 3.63) is 29.8 Å². The molecule has 0 saturated carbocycles. The van der Waals surface area contributed by atoms with E-state index in [1.165, 1.54) is 5.56 Å². The van der Waals surface area contributed by atoms with Crippen LogP contribution in [0, 0.1) is 0 Å². The zero-order valence-corrected chi connectivity index (χ0v) is 11.9. The molecule has 0 aliphatic rings. The minimum Gasteiger partial charge on any atom is -0.492 e. The SMILES string of the molecule is CC(C)c1ccccc1OCCN(C)CCC(=O)O. The van der Waals surface area contributed by atoms with Gasteiger partial charge in [0.2, 0.25) is 0 Å². The van der Waals surface area contributed by atoms with Crippen LogP contribution < -0.4 is 4.74 Å². The van der Waals surface area contributed by atoms with E-state index in [2.05, 4.69) is 19.9 Å². The summed E-state index contributed by atoms with van der Waals surface area (Å²) in [5, 5.41) is 8.61. The van der Waals surface area contributed by atoms with E-state index >= 15 is 0 Å². The predicted molar refractivity (Wildman–Crippen MR) is 75.8 cm³/mol. The predicted octanol–water partition coefficient (Wildman–Crippen LogP) is 2.60. The van der Waals surface area contributed by atoms with Crippen molar-refractivity contribution in [1.82, 2.24) is 4.90 Å². The van der Waals surface area contributed by atoms with E-state index in [-0.39, 0.29) is 6.42 Å². The van der Waals surface area contributed by atoms with Crippen molar-refractivity contribution >= 4 is 5.97 Å². The Balaban J connectivity index is 2.39. The fourth-order valence-corrected chi connectivity index (χ4v) is 1.80. The smallest absolute Gasteiger partial charge is 0.304 e. The van der Waals surface area contributed by atoms with E-state index in [1.54, 1.807) is 0 Å². The summed E-state index contributed by atoms with van der Waals surface area (Å²) < 4.78 is 5.79. The summed E-state index contributed by atoms with van der Waals surface area (Å²) in [4.78, 5) is 12.4. The fraction of sp³-hybridized carbons (Fsp3) is 0.533. The number of carbonyl (C=O) groups is 1. The summed E-state index contributed by atoms with van der Waals surface area (Å²) >= 11 is 0. The first-order chi connectivity index (χ1) is 9.00. The van der Waals surface area contributed by atoms with Gasteiger partial charge in [-0.1, -0.05) is 32.0 Å². The van der Waals surface area contributed by atoms with Gasteiger partial charge in [0, 0.05) is 13.1 Å². The molecule has 0 fully saturated rings. The number of rotatable bonds is 8. The molecule has 0 radical (unpaired) electrons. The van der Waals surface area contributed by atoms with Gasteiger partial charge in [-0.25, -0.2) is 0 Å². The highest BCUT2D eigenvalue weighted by Crippen LogP contribution is 2.25. The number of hydrogen-bond acceptors (Lipinski definition) is 3. The molecule has 1 rings (SSSR count). The summed E-state index contributed by atoms with van der Waals surface area (Å²) in [6.45, 7) is 6.12. The molecule has 0 bridgehead atoms. The number of carboxylic acid groups (broad SMARTS) is 1. The molecule has 0 amide bonds. The second kappa shape index (κ2) is 7.79. The van der Waals surface area contributed by atoms with Gasteiger partial charge in [-0.2, -0.15) is 0 Å². The molecule has 0 aliphatic heterocycles. The van der Waals surface area contributed by atoms with Gasteiger partial charge in [0.05, 0.1) is 6.42 Å². The van der Waals surface area contributed by atoms with Crippen molar-refractivity contribution in [3.63, 3.8) is 0 Å². The largest absolute Gasteiger partial charge is 0.492 e. The summed E-state index contributed by atoms with van der Waals surface area (Å²) in [6, 6.07) is 8.04. The lowest BCUT2D eigenvalue weighted by atomic mass is 10.0. The Morgan fingerprint density at radius 3 is 2.63 bits per heavy atom. The maximum absolute atomic E-state index is 10.5. The van der Waals surface area contributed by atoms with Crippen LogP contribution in [0.5, 0.6) is 5.75 Å². The van der Waals surface area contributed by atoms with Crippen LogP contribution in [0.25, 0.3) is 0 Å². The number of para-hydroxylation sites is 1. The molecule has 0 aliphatic carbocycles. The molecular formula is C15H23NO3. The van der Waals surface area contributed by atoms with Gasteiger partial charge < -0.3 is 14.7 Å². The lowest BCUT2D eigenvalue weighted by Gasteiger charge is -2.18. The van der Waals surface area contributed by atoms with Gasteiger partial charge in [-0.15, -0.1) is 0 Å². The van der Waals surface area contributed by atoms with Crippen LogP contribution in [0.3, 0.4) is 0 Å². The number of ether oxygens (including phenoxy) is 1. The van der Waals surface area contributed by atoms with Crippen LogP contribution in [-0.2, 0) is 4.79 Å². The normalized spacial score (nSPS) is 11.0. The third kappa shape index (κ3) is 5.75. The Kier molecular flexibility index (Phi) is 6.36. The molecule has 0 saturated heterocycles. The third-order valence-electron chi connectivity index (χ3n) is 2.98. The molecule has 1 aromatic rings. The number of hydrogen-bond donors (Lipinski definition) is 1. The van der Waals surface area contributed by atoms with E-state index in [0.717, 1.165) is 12.3 Å². The second-order valence-electron chi connectivity index (χ2n) is 4.99. The van der Waals surface area contributed by atoms with Gasteiger partial charge in [-0.3, -0.25) is 4.79 Å². The molecule has 4 nitrogen and oxygen atoms in total. The quantitative estimate of drug-likeness (QED) is 0.785. The van der Waals surface area contributed by atoms with Gasteiger partial charge in [0.15, 0.2) is 0 Å². The van der Waals surface area contributed by atoms with Gasteiger partial charge in [-0.05, 0) is 24.6 Å². The molecule has 0 aromatic heterocycles. The van der Waals surface area contributed by atoms with Crippen molar-refractivity contribution in [2.24, 2.45) is 0 Å². The van der Waals surface area contributed by atoms with Crippen molar-refractivity contribution in [1.29, 1.82) is 0 Å². The first-order valence-corrected chi connectivity index (χ1v) is 6.62. The lowest BCUT2D eigenvalue weighted by Crippen LogP contribution is -2.26. The average molecular weight is 265 g/mol. The number of benzene rings is 1. The molecule has 1 N–H and O–H groups in total. The summed E-state index contributed by atoms with van der Waals surface area (Å²) in [7, 11) is 1.90. The average Bonchev–Trinajstić information content (AvgIpc) is 2.36. The Morgan fingerprint density at radius 1 is 1.32 bits per heavy atom. The van der Waals surface area contributed by atoms with E-state index in [0.29, 0.717) is 19.1 Å². The Bertz CT molecular complexity index is 404. The highest BCUT2D eigenvalue weighted by molar-refractivity contribution is 5.66. The van der Waals surface area contributed by atoms with Crippen molar-refractivity contribution < 1.29 is 14.6 Å². The first kappa shape index (κ1) is 15.5. The molecule has 4 heteroatoms. The van der Waals surface area contributed by atoms with Gasteiger partial charge in [0.25, 0.3) is 0 Å². The monoisotopic (exact) mass is 265 g/mol. The van der Waals surface area contributed by atoms with Gasteiger partial charge >= 0.3 is 5.97 Å². The molecule has 0 unspecified atom stereocenters. The van der Waals surface area contributed by atoms with E-state index in [4.69, 9.17) is 9.84 Å². The number of nitrogens with zero attached hydrogens (tertiary/aromatic N) is 1. The molecule has 0 heterocycles. The maximum atomic E-state index is 10.5. The van der Waals surface area contributed by atoms with Crippen molar-refractivity contribution in [2.75, 3.05) is 26.7 Å².